The van der Waals surface area contributed by atoms with Crippen LogP contribution in [-0.2, 0) is 11.3 Å². The van der Waals surface area contributed by atoms with Crippen LogP contribution in [0.5, 0.6) is 11.5 Å². The third-order valence-electron chi connectivity index (χ3n) is 3.74. The summed E-state index contributed by atoms with van der Waals surface area (Å²) in [6, 6.07) is 13.4. The van der Waals surface area contributed by atoms with Gasteiger partial charge in [-0.3, -0.25) is 4.79 Å². The van der Waals surface area contributed by atoms with Gasteiger partial charge in [0.2, 0.25) is 0 Å². The summed E-state index contributed by atoms with van der Waals surface area (Å²) in [4.78, 5) is 14.4. The van der Waals surface area contributed by atoms with Crippen molar-refractivity contribution in [2.45, 2.75) is 32.9 Å². The Kier molecular flexibility index (Phi) is 6.02. The monoisotopic (exact) mass is 345 g/mol. The van der Waals surface area contributed by atoms with Gasteiger partial charge in [0.25, 0.3) is 5.91 Å². The molecule has 0 N–H and O–H groups in total. The van der Waals surface area contributed by atoms with E-state index in [0.29, 0.717) is 18.0 Å². The SMILES string of the molecule is COc1cccc(OCC(=O)N(Cc2cccc(F)c2)C(C)(C)C)c1. The van der Waals surface area contributed by atoms with Crippen LogP contribution in [0.4, 0.5) is 4.39 Å². The Balaban J connectivity index is 2.08. The highest BCUT2D eigenvalue weighted by Crippen LogP contribution is 2.21. The van der Waals surface area contributed by atoms with Crippen molar-refractivity contribution in [1.82, 2.24) is 4.90 Å². The highest BCUT2D eigenvalue weighted by Gasteiger charge is 2.27. The normalized spacial score (nSPS) is 11.1. The van der Waals surface area contributed by atoms with Crippen molar-refractivity contribution in [3.8, 4) is 11.5 Å². The van der Waals surface area contributed by atoms with Crippen molar-refractivity contribution in [2.75, 3.05) is 13.7 Å². The van der Waals surface area contributed by atoms with Crippen molar-refractivity contribution < 1.29 is 18.7 Å². The van der Waals surface area contributed by atoms with Crippen molar-refractivity contribution in [3.63, 3.8) is 0 Å². The molecule has 0 aliphatic rings. The van der Waals surface area contributed by atoms with Gasteiger partial charge in [0.15, 0.2) is 6.61 Å². The molecule has 2 rings (SSSR count). The second-order valence-corrected chi connectivity index (χ2v) is 6.75. The fraction of sp³-hybridized carbons (Fsp3) is 0.350. The maximum absolute atomic E-state index is 13.4. The molecule has 4 nitrogen and oxygen atoms in total. The van der Waals surface area contributed by atoms with Gasteiger partial charge < -0.3 is 14.4 Å². The van der Waals surface area contributed by atoms with E-state index in [0.717, 1.165) is 5.56 Å². The fourth-order valence-corrected chi connectivity index (χ4v) is 2.43. The molecule has 0 fully saturated rings. The van der Waals surface area contributed by atoms with E-state index >= 15 is 0 Å². The highest BCUT2D eigenvalue weighted by molar-refractivity contribution is 5.78. The number of ether oxygens (including phenoxy) is 2. The van der Waals surface area contributed by atoms with Crippen molar-refractivity contribution in [3.05, 3.63) is 59.9 Å². The second-order valence-electron chi connectivity index (χ2n) is 6.75. The van der Waals surface area contributed by atoms with Crippen LogP contribution in [-0.4, -0.2) is 30.1 Å². The van der Waals surface area contributed by atoms with Crippen LogP contribution in [0.2, 0.25) is 0 Å². The Hall–Kier alpha value is -2.56. The Labute approximate surface area is 148 Å². The third-order valence-corrected chi connectivity index (χ3v) is 3.74. The van der Waals surface area contributed by atoms with E-state index in [-0.39, 0.29) is 18.3 Å². The van der Waals surface area contributed by atoms with Crippen LogP contribution >= 0.6 is 0 Å². The van der Waals surface area contributed by atoms with E-state index in [1.54, 1.807) is 48.4 Å². The fourth-order valence-electron chi connectivity index (χ4n) is 2.43. The van der Waals surface area contributed by atoms with Gasteiger partial charge >= 0.3 is 0 Å². The first-order chi connectivity index (χ1) is 11.8. The van der Waals surface area contributed by atoms with Crippen LogP contribution in [0.1, 0.15) is 26.3 Å². The molecule has 0 aliphatic carbocycles. The maximum Gasteiger partial charge on any atom is 0.261 e. The molecule has 134 valence electrons. The van der Waals surface area contributed by atoms with E-state index in [2.05, 4.69) is 0 Å². The van der Waals surface area contributed by atoms with E-state index < -0.39 is 5.54 Å². The summed E-state index contributed by atoms with van der Waals surface area (Å²) in [5, 5.41) is 0. The van der Waals surface area contributed by atoms with Crippen molar-refractivity contribution in [2.24, 2.45) is 0 Å². The first-order valence-corrected chi connectivity index (χ1v) is 8.11. The molecule has 0 atom stereocenters. The molecule has 2 aromatic rings. The first-order valence-electron chi connectivity index (χ1n) is 8.11. The smallest absolute Gasteiger partial charge is 0.261 e. The lowest BCUT2D eigenvalue weighted by Gasteiger charge is -2.35. The number of benzene rings is 2. The van der Waals surface area contributed by atoms with E-state index in [4.69, 9.17) is 9.47 Å². The van der Waals surface area contributed by atoms with Gasteiger partial charge in [0.1, 0.15) is 17.3 Å². The Morgan fingerprint density at radius 2 is 1.76 bits per heavy atom. The summed E-state index contributed by atoms with van der Waals surface area (Å²) < 4.78 is 24.2. The number of rotatable bonds is 6. The number of hydrogen-bond acceptors (Lipinski definition) is 3. The summed E-state index contributed by atoms with van der Waals surface area (Å²) in [7, 11) is 1.57. The van der Waals surface area contributed by atoms with Gasteiger partial charge in [-0.2, -0.15) is 0 Å². The lowest BCUT2D eigenvalue weighted by molar-refractivity contribution is -0.139. The first kappa shape index (κ1) is 18.8. The van der Waals surface area contributed by atoms with E-state index in [1.165, 1.54) is 12.1 Å². The molecule has 0 spiro atoms. The van der Waals surface area contributed by atoms with Crippen LogP contribution < -0.4 is 9.47 Å². The number of carbonyl (C=O) groups is 1. The van der Waals surface area contributed by atoms with Gasteiger partial charge in [0, 0.05) is 18.2 Å². The number of carbonyl (C=O) groups excluding carboxylic acids is 1. The van der Waals surface area contributed by atoms with Gasteiger partial charge in [-0.25, -0.2) is 4.39 Å². The molecule has 2 aromatic carbocycles. The van der Waals surface area contributed by atoms with Crippen molar-refractivity contribution in [1.29, 1.82) is 0 Å². The summed E-state index contributed by atoms with van der Waals surface area (Å²) in [5.74, 6) is 0.746. The number of nitrogens with zero attached hydrogens (tertiary/aromatic N) is 1. The second kappa shape index (κ2) is 8.01. The molecule has 0 saturated heterocycles. The van der Waals surface area contributed by atoms with Crippen LogP contribution in [0.3, 0.4) is 0 Å². The summed E-state index contributed by atoms with van der Waals surface area (Å²) >= 11 is 0. The third kappa shape index (κ3) is 5.48. The average molecular weight is 345 g/mol. The minimum Gasteiger partial charge on any atom is -0.497 e. The number of methoxy groups -OCH3 is 1. The maximum atomic E-state index is 13.4. The summed E-state index contributed by atoms with van der Waals surface area (Å²) in [6.45, 7) is 6.04. The van der Waals surface area contributed by atoms with E-state index in [9.17, 15) is 9.18 Å². The molecule has 0 unspecified atom stereocenters. The molecule has 0 bridgehead atoms. The predicted octanol–water partition coefficient (Wildman–Crippen LogP) is 4.04. The summed E-state index contributed by atoms with van der Waals surface area (Å²) in [5.41, 5.74) is 0.325. The van der Waals surface area contributed by atoms with E-state index in [1.807, 2.05) is 20.8 Å². The number of amides is 1. The molecule has 0 radical (unpaired) electrons. The lowest BCUT2D eigenvalue weighted by atomic mass is 10.0. The minimum absolute atomic E-state index is 0.0975. The molecular formula is C20H24FNO3. The molecule has 0 aromatic heterocycles. The Morgan fingerprint density at radius 3 is 2.40 bits per heavy atom. The molecule has 0 heterocycles. The van der Waals surface area contributed by atoms with Gasteiger partial charge in [-0.15, -0.1) is 0 Å². The number of hydrogen-bond donors (Lipinski definition) is 0. The zero-order valence-electron chi connectivity index (χ0n) is 15.1. The van der Waals surface area contributed by atoms with Crippen LogP contribution in [0.25, 0.3) is 0 Å². The average Bonchev–Trinajstić information content (AvgIpc) is 2.57. The summed E-state index contributed by atoms with van der Waals surface area (Å²) in [6.07, 6.45) is 0. The standard InChI is InChI=1S/C20H24FNO3/c1-20(2,3)22(13-15-7-5-8-16(21)11-15)19(23)14-25-18-10-6-9-17(12-18)24-4/h5-12H,13-14H2,1-4H3. The largest absolute Gasteiger partial charge is 0.497 e. The number of halogens is 1. The molecule has 1 amide bonds. The zero-order chi connectivity index (χ0) is 18.4. The Bertz CT molecular complexity index is 725. The van der Waals surface area contributed by atoms with Crippen LogP contribution in [0.15, 0.2) is 48.5 Å². The molecule has 0 saturated carbocycles. The van der Waals surface area contributed by atoms with Crippen LogP contribution in [0, 0.1) is 5.82 Å². The van der Waals surface area contributed by atoms with Crippen molar-refractivity contribution >= 4 is 5.91 Å². The molecular weight excluding hydrogens is 321 g/mol. The lowest BCUT2D eigenvalue weighted by Crippen LogP contribution is -2.47. The van der Waals surface area contributed by atoms with Gasteiger partial charge in [0.05, 0.1) is 7.11 Å². The van der Waals surface area contributed by atoms with Gasteiger partial charge in [-0.05, 0) is 50.6 Å². The molecule has 5 heteroatoms. The quantitative estimate of drug-likeness (QED) is 0.793. The predicted molar refractivity (Wildman–Crippen MR) is 95.2 cm³/mol. The van der Waals surface area contributed by atoms with Gasteiger partial charge in [-0.1, -0.05) is 18.2 Å². The zero-order valence-corrected chi connectivity index (χ0v) is 15.1. The highest BCUT2D eigenvalue weighted by atomic mass is 19.1. The molecule has 25 heavy (non-hydrogen) atoms. The Morgan fingerprint density at radius 1 is 1.08 bits per heavy atom. The topological polar surface area (TPSA) is 38.8 Å². The minimum atomic E-state index is -0.416. The molecule has 0 aliphatic heterocycles.